The van der Waals surface area contributed by atoms with E-state index in [0.29, 0.717) is 18.1 Å². The summed E-state index contributed by atoms with van der Waals surface area (Å²) < 4.78 is 4.97. The smallest absolute Gasteiger partial charge is 0.160 e. The Hall–Kier alpha value is -0.600. The molecule has 1 unspecified atom stereocenters. The van der Waals surface area contributed by atoms with Gasteiger partial charge in [0.1, 0.15) is 0 Å². The average Bonchev–Trinajstić information content (AvgIpc) is 2.20. The van der Waals surface area contributed by atoms with Crippen LogP contribution in [-0.2, 0) is 6.42 Å². The molecule has 78 valence electrons. The van der Waals surface area contributed by atoms with Crippen LogP contribution in [0.25, 0.3) is 0 Å². The summed E-state index contributed by atoms with van der Waals surface area (Å²) in [6, 6.07) is 5.16. The van der Waals surface area contributed by atoms with E-state index in [1.165, 1.54) is 7.11 Å². The molecule has 1 rings (SSSR count). The van der Waals surface area contributed by atoms with Crippen LogP contribution in [0.4, 0.5) is 0 Å². The summed E-state index contributed by atoms with van der Waals surface area (Å²) in [5, 5.41) is 9.25. The molecule has 1 aromatic carbocycles. The lowest BCUT2D eigenvalue weighted by Gasteiger charge is -2.08. The number of methoxy groups -OCH3 is 1. The predicted molar refractivity (Wildman–Crippen MR) is 58.7 cm³/mol. The molecule has 4 heteroatoms. The molecule has 0 bridgehead atoms. The first-order valence-corrected chi connectivity index (χ1v) is 5.20. The van der Waals surface area contributed by atoms with Crippen molar-refractivity contribution in [2.45, 2.75) is 11.8 Å². The number of benzene rings is 1. The van der Waals surface area contributed by atoms with Crippen LogP contribution in [0.2, 0.25) is 0 Å². The molecule has 0 aromatic heterocycles. The number of ether oxygens (including phenoxy) is 1. The highest BCUT2D eigenvalue weighted by Gasteiger charge is 2.07. The number of rotatable bonds is 4. The molecular weight excluding hydrogens is 223 g/mol. The van der Waals surface area contributed by atoms with Gasteiger partial charge in [-0.05, 0) is 24.1 Å². The van der Waals surface area contributed by atoms with Crippen molar-refractivity contribution in [3.05, 3.63) is 23.8 Å². The number of hydrogen-bond donors (Lipinski definition) is 1. The summed E-state index contributed by atoms with van der Waals surface area (Å²) in [4.78, 5) is 0. The molecule has 0 aliphatic heterocycles. The molecule has 1 aromatic rings. The molecule has 0 heterocycles. The first-order valence-electron chi connectivity index (χ1n) is 4.23. The van der Waals surface area contributed by atoms with Gasteiger partial charge in [-0.2, -0.15) is 0 Å². The zero-order valence-electron chi connectivity index (χ0n) is 7.84. The van der Waals surface area contributed by atoms with Crippen molar-refractivity contribution >= 4 is 23.2 Å². The van der Waals surface area contributed by atoms with E-state index in [2.05, 4.69) is 0 Å². The molecule has 0 amide bonds. The highest BCUT2D eigenvalue weighted by atomic mass is 35.5. The van der Waals surface area contributed by atoms with Crippen molar-refractivity contribution in [3.63, 3.8) is 0 Å². The zero-order chi connectivity index (χ0) is 10.6. The third kappa shape index (κ3) is 2.96. The monoisotopic (exact) mass is 234 g/mol. The van der Waals surface area contributed by atoms with Gasteiger partial charge in [0, 0.05) is 5.88 Å². The minimum atomic E-state index is -0.0917. The summed E-state index contributed by atoms with van der Waals surface area (Å²) in [6.07, 6.45) is 0.668. The summed E-state index contributed by atoms with van der Waals surface area (Å²) >= 11 is 11.5. The third-order valence-electron chi connectivity index (χ3n) is 1.87. The van der Waals surface area contributed by atoms with E-state index in [-0.39, 0.29) is 11.1 Å². The fourth-order valence-corrected chi connectivity index (χ4v) is 1.45. The molecule has 0 radical (unpaired) electrons. The van der Waals surface area contributed by atoms with Crippen molar-refractivity contribution in [2.75, 3.05) is 13.0 Å². The zero-order valence-corrected chi connectivity index (χ0v) is 9.35. The second-order valence-electron chi connectivity index (χ2n) is 2.96. The van der Waals surface area contributed by atoms with Crippen LogP contribution in [0.1, 0.15) is 5.56 Å². The highest BCUT2D eigenvalue weighted by Crippen LogP contribution is 2.27. The fraction of sp³-hybridized carbons (Fsp3) is 0.400. The summed E-state index contributed by atoms with van der Waals surface area (Å²) in [5.41, 5.74) is 1.00. The maximum atomic E-state index is 9.34. The van der Waals surface area contributed by atoms with E-state index in [0.717, 1.165) is 5.56 Å². The van der Waals surface area contributed by atoms with Crippen LogP contribution in [0.3, 0.4) is 0 Å². The SMILES string of the molecule is COc1cc(CC(Cl)CCl)ccc1O. The van der Waals surface area contributed by atoms with E-state index >= 15 is 0 Å². The second-order valence-corrected chi connectivity index (χ2v) is 3.89. The number of phenolic OH excluding ortho intramolecular Hbond substituents is 1. The topological polar surface area (TPSA) is 29.5 Å². The standard InChI is InChI=1S/C10H12Cl2O2/c1-14-10-5-7(2-3-9(10)13)4-8(12)6-11/h2-3,5,8,13H,4,6H2,1H3. The van der Waals surface area contributed by atoms with Crippen LogP contribution in [0, 0.1) is 0 Å². The summed E-state index contributed by atoms with van der Waals surface area (Å²) in [5.74, 6) is 0.999. The quantitative estimate of drug-likeness (QED) is 0.813. The lowest BCUT2D eigenvalue weighted by Crippen LogP contribution is -2.04. The number of aromatic hydroxyl groups is 1. The Morgan fingerprint density at radius 1 is 1.50 bits per heavy atom. The minimum Gasteiger partial charge on any atom is -0.504 e. The van der Waals surface area contributed by atoms with Gasteiger partial charge in [0.25, 0.3) is 0 Å². The van der Waals surface area contributed by atoms with Gasteiger partial charge in [-0.15, -0.1) is 23.2 Å². The van der Waals surface area contributed by atoms with E-state index in [9.17, 15) is 5.11 Å². The summed E-state index contributed by atoms with van der Waals surface area (Å²) in [7, 11) is 1.51. The normalized spacial score (nSPS) is 12.5. The van der Waals surface area contributed by atoms with E-state index in [1.54, 1.807) is 18.2 Å². The Kier molecular flexibility index (Phi) is 4.36. The third-order valence-corrected chi connectivity index (χ3v) is 2.71. The molecule has 1 atom stereocenters. The van der Waals surface area contributed by atoms with Crippen molar-refractivity contribution in [2.24, 2.45) is 0 Å². The van der Waals surface area contributed by atoms with Crippen molar-refractivity contribution in [3.8, 4) is 11.5 Å². The molecule has 0 fully saturated rings. The molecule has 0 saturated carbocycles. The van der Waals surface area contributed by atoms with E-state index in [1.807, 2.05) is 0 Å². The van der Waals surface area contributed by atoms with E-state index < -0.39 is 0 Å². The number of hydrogen-bond acceptors (Lipinski definition) is 2. The minimum absolute atomic E-state index is 0.0917. The Labute approximate surface area is 93.4 Å². The maximum Gasteiger partial charge on any atom is 0.160 e. The average molecular weight is 235 g/mol. The first kappa shape index (κ1) is 11.5. The van der Waals surface area contributed by atoms with Crippen LogP contribution in [0.5, 0.6) is 11.5 Å². The van der Waals surface area contributed by atoms with Crippen LogP contribution < -0.4 is 4.74 Å². The van der Waals surface area contributed by atoms with Gasteiger partial charge in [0.05, 0.1) is 12.5 Å². The Morgan fingerprint density at radius 3 is 2.79 bits per heavy atom. The van der Waals surface area contributed by atoms with Crippen molar-refractivity contribution in [1.82, 2.24) is 0 Å². The van der Waals surface area contributed by atoms with Gasteiger partial charge in [-0.3, -0.25) is 0 Å². The number of alkyl halides is 2. The van der Waals surface area contributed by atoms with Crippen LogP contribution >= 0.6 is 23.2 Å². The number of halogens is 2. The van der Waals surface area contributed by atoms with Crippen molar-refractivity contribution < 1.29 is 9.84 Å². The maximum absolute atomic E-state index is 9.34. The Bertz CT molecular complexity index is 302. The molecule has 0 aliphatic carbocycles. The second kappa shape index (κ2) is 5.32. The highest BCUT2D eigenvalue weighted by molar-refractivity contribution is 6.28. The Balaban J connectivity index is 2.79. The first-order chi connectivity index (χ1) is 6.67. The predicted octanol–water partition coefficient (Wildman–Crippen LogP) is 2.79. The largest absolute Gasteiger partial charge is 0.504 e. The number of phenols is 1. The molecule has 2 nitrogen and oxygen atoms in total. The molecule has 1 N–H and O–H groups in total. The van der Waals surface area contributed by atoms with Crippen molar-refractivity contribution in [1.29, 1.82) is 0 Å². The lowest BCUT2D eigenvalue weighted by atomic mass is 10.1. The van der Waals surface area contributed by atoms with Gasteiger partial charge in [0.2, 0.25) is 0 Å². The fourth-order valence-electron chi connectivity index (χ4n) is 1.16. The van der Waals surface area contributed by atoms with E-state index in [4.69, 9.17) is 27.9 Å². The van der Waals surface area contributed by atoms with Gasteiger partial charge >= 0.3 is 0 Å². The lowest BCUT2D eigenvalue weighted by molar-refractivity contribution is 0.373. The van der Waals surface area contributed by atoms with Gasteiger partial charge < -0.3 is 9.84 Å². The molecule has 0 spiro atoms. The molecule has 0 saturated heterocycles. The van der Waals surface area contributed by atoms with Gasteiger partial charge in [-0.25, -0.2) is 0 Å². The van der Waals surface area contributed by atoms with Crippen LogP contribution in [-0.4, -0.2) is 23.5 Å². The van der Waals surface area contributed by atoms with Crippen LogP contribution in [0.15, 0.2) is 18.2 Å². The Morgan fingerprint density at radius 2 is 2.21 bits per heavy atom. The van der Waals surface area contributed by atoms with Gasteiger partial charge in [0.15, 0.2) is 11.5 Å². The molecule has 0 aliphatic rings. The molecular formula is C10H12Cl2O2. The molecule has 14 heavy (non-hydrogen) atoms. The van der Waals surface area contributed by atoms with Gasteiger partial charge in [-0.1, -0.05) is 6.07 Å². The summed E-state index contributed by atoms with van der Waals surface area (Å²) in [6.45, 7) is 0.